The Labute approximate surface area is 189 Å². The first-order valence-electron chi connectivity index (χ1n) is 11.6. The maximum Gasteiger partial charge on any atom is 0.254 e. The summed E-state index contributed by atoms with van der Waals surface area (Å²) in [6, 6.07) is 17.3. The van der Waals surface area contributed by atoms with E-state index in [4.69, 9.17) is 0 Å². The highest BCUT2D eigenvalue weighted by atomic mass is 16.3. The number of aryl methyl sites for hydroxylation is 2. The van der Waals surface area contributed by atoms with Gasteiger partial charge in [-0.15, -0.1) is 0 Å². The third-order valence-corrected chi connectivity index (χ3v) is 7.23. The monoisotopic (exact) mass is 426 g/mol. The van der Waals surface area contributed by atoms with Crippen molar-refractivity contribution in [2.45, 2.75) is 52.1 Å². The first kappa shape index (κ1) is 20.9. The first-order chi connectivity index (χ1) is 15.5. The van der Waals surface area contributed by atoms with Crippen LogP contribution in [0.15, 0.2) is 54.7 Å². The number of nitrogens with zero attached hydrogens (tertiary/aromatic N) is 2. The lowest BCUT2D eigenvalue weighted by molar-refractivity contribution is 0.0612. The van der Waals surface area contributed by atoms with Crippen LogP contribution in [0.2, 0.25) is 0 Å². The minimum Gasteiger partial charge on any atom is -0.396 e. The van der Waals surface area contributed by atoms with Gasteiger partial charge < -0.3 is 10.0 Å². The van der Waals surface area contributed by atoms with E-state index in [0.29, 0.717) is 6.54 Å². The van der Waals surface area contributed by atoms with Gasteiger partial charge in [0.2, 0.25) is 0 Å². The van der Waals surface area contributed by atoms with Crippen molar-refractivity contribution in [3.8, 4) is 11.1 Å². The molecule has 1 aliphatic heterocycles. The van der Waals surface area contributed by atoms with Crippen molar-refractivity contribution in [3.63, 3.8) is 0 Å². The van der Waals surface area contributed by atoms with Gasteiger partial charge in [-0.25, -0.2) is 0 Å². The van der Waals surface area contributed by atoms with Gasteiger partial charge in [0.25, 0.3) is 5.91 Å². The average Bonchev–Trinajstić information content (AvgIpc) is 3.39. The van der Waals surface area contributed by atoms with Crippen molar-refractivity contribution in [1.82, 2.24) is 9.88 Å². The summed E-state index contributed by atoms with van der Waals surface area (Å²) in [7, 11) is 0. The molecular formula is C28H30N2O2. The third kappa shape index (κ3) is 3.84. The van der Waals surface area contributed by atoms with Crippen LogP contribution in [-0.2, 0) is 13.0 Å². The van der Waals surface area contributed by atoms with Crippen molar-refractivity contribution < 1.29 is 9.90 Å². The van der Waals surface area contributed by atoms with Gasteiger partial charge in [-0.2, -0.15) is 0 Å². The summed E-state index contributed by atoms with van der Waals surface area (Å²) in [5, 5.41) is 9.72. The molecule has 4 heteroatoms. The van der Waals surface area contributed by atoms with E-state index in [9.17, 15) is 9.90 Å². The molecule has 1 saturated carbocycles. The standard InChI is InChI=1S/C28H30N2O2/c1-18-12-25-16-30(27-5-3-4-23(27)17-31)28(32)26(25)15-24(18)14-20-6-8-21(9-7-20)22-10-11-29-19(2)13-22/h6-13,15,23,27,31H,3-5,14,16-17H2,1-2H3/t23-,27+/m1/s1. The van der Waals surface area contributed by atoms with E-state index in [1.807, 2.05) is 24.1 Å². The molecular weight excluding hydrogens is 396 g/mol. The number of hydrogen-bond acceptors (Lipinski definition) is 3. The van der Waals surface area contributed by atoms with Crippen molar-refractivity contribution >= 4 is 5.91 Å². The molecule has 164 valence electrons. The van der Waals surface area contributed by atoms with Crippen LogP contribution in [0.5, 0.6) is 0 Å². The Morgan fingerprint density at radius 3 is 2.59 bits per heavy atom. The van der Waals surface area contributed by atoms with Crippen LogP contribution in [0.4, 0.5) is 0 Å². The maximum absolute atomic E-state index is 13.2. The summed E-state index contributed by atoms with van der Waals surface area (Å²) >= 11 is 0. The van der Waals surface area contributed by atoms with E-state index >= 15 is 0 Å². The van der Waals surface area contributed by atoms with E-state index in [1.165, 1.54) is 27.8 Å². The number of aromatic nitrogens is 1. The lowest BCUT2D eigenvalue weighted by Gasteiger charge is -2.28. The number of aliphatic hydroxyl groups excluding tert-OH is 1. The van der Waals surface area contributed by atoms with Crippen LogP contribution in [0.25, 0.3) is 11.1 Å². The molecule has 1 fully saturated rings. The summed E-state index contributed by atoms with van der Waals surface area (Å²) in [4.78, 5) is 19.5. The highest BCUT2D eigenvalue weighted by molar-refractivity contribution is 5.99. The quantitative estimate of drug-likeness (QED) is 0.619. The fourth-order valence-electron chi connectivity index (χ4n) is 5.41. The lowest BCUT2D eigenvalue weighted by Crippen LogP contribution is -2.39. The minimum atomic E-state index is 0.134. The Balaban J connectivity index is 1.36. The second-order valence-electron chi connectivity index (χ2n) is 9.37. The Bertz CT molecular complexity index is 1150. The third-order valence-electron chi connectivity index (χ3n) is 7.23. The molecule has 4 nitrogen and oxygen atoms in total. The first-order valence-corrected chi connectivity index (χ1v) is 11.6. The zero-order valence-electron chi connectivity index (χ0n) is 18.8. The van der Waals surface area contributed by atoms with Crippen molar-refractivity contribution in [3.05, 3.63) is 88.2 Å². The maximum atomic E-state index is 13.2. The van der Waals surface area contributed by atoms with Gasteiger partial charge in [0.15, 0.2) is 0 Å². The molecule has 0 spiro atoms. The summed E-state index contributed by atoms with van der Waals surface area (Å²) < 4.78 is 0. The molecule has 0 unspecified atom stereocenters. The van der Waals surface area contributed by atoms with Crippen LogP contribution in [-0.4, -0.2) is 33.5 Å². The topological polar surface area (TPSA) is 53.4 Å². The molecule has 2 heterocycles. The number of benzene rings is 2. The number of carbonyl (C=O) groups excluding carboxylic acids is 1. The summed E-state index contributed by atoms with van der Waals surface area (Å²) in [5.74, 6) is 0.353. The van der Waals surface area contributed by atoms with Crippen molar-refractivity contribution in [2.75, 3.05) is 6.61 Å². The van der Waals surface area contributed by atoms with E-state index in [1.54, 1.807) is 0 Å². The highest BCUT2D eigenvalue weighted by Gasteiger charge is 2.39. The fraction of sp³-hybridized carbons (Fsp3) is 0.357. The molecule has 1 N–H and O–H groups in total. The van der Waals surface area contributed by atoms with E-state index in [0.717, 1.165) is 42.5 Å². The summed E-state index contributed by atoms with van der Waals surface area (Å²) in [6.07, 6.45) is 5.77. The van der Waals surface area contributed by atoms with Gasteiger partial charge in [-0.1, -0.05) is 36.8 Å². The van der Waals surface area contributed by atoms with E-state index < -0.39 is 0 Å². The van der Waals surface area contributed by atoms with Gasteiger partial charge in [-0.3, -0.25) is 9.78 Å². The van der Waals surface area contributed by atoms with E-state index in [2.05, 4.69) is 54.4 Å². The fourth-order valence-corrected chi connectivity index (χ4v) is 5.41. The number of pyridine rings is 1. The molecule has 2 aliphatic rings. The number of rotatable bonds is 5. The van der Waals surface area contributed by atoms with Crippen molar-refractivity contribution in [2.24, 2.45) is 5.92 Å². The molecule has 1 amide bonds. The number of aliphatic hydroxyl groups is 1. The second kappa shape index (κ2) is 8.51. The van der Waals surface area contributed by atoms with Gasteiger partial charge in [-0.05, 0) is 84.7 Å². The van der Waals surface area contributed by atoms with Crippen molar-refractivity contribution in [1.29, 1.82) is 0 Å². The van der Waals surface area contributed by atoms with Crippen LogP contribution >= 0.6 is 0 Å². The Morgan fingerprint density at radius 1 is 1.03 bits per heavy atom. The van der Waals surface area contributed by atoms with Gasteiger partial charge in [0.05, 0.1) is 0 Å². The second-order valence-corrected chi connectivity index (χ2v) is 9.37. The zero-order valence-corrected chi connectivity index (χ0v) is 18.8. The molecule has 1 aromatic heterocycles. The molecule has 0 bridgehead atoms. The van der Waals surface area contributed by atoms with Crippen LogP contribution in [0.3, 0.4) is 0 Å². The normalized spacial score (nSPS) is 20.1. The molecule has 0 radical (unpaired) electrons. The van der Waals surface area contributed by atoms with Crippen LogP contribution < -0.4 is 0 Å². The number of amides is 1. The molecule has 2 aromatic carbocycles. The van der Waals surface area contributed by atoms with Gasteiger partial charge in [0.1, 0.15) is 0 Å². The molecule has 0 saturated heterocycles. The Morgan fingerprint density at radius 2 is 1.84 bits per heavy atom. The molecule has 5 rings (SSSR count). The number of fused-ring (bicyclic) bond motifs is 1. The predicted molar refractivity (Wildman–Crippen MR) is 126 cm³/mol. The van der Waals surface area contributed by atoms with Crippen LogP contribution in [0, 0.1) is 19.8 Å². The lowest BCUT2D eigenvalue weighted by atomic mass is 9.95. The zero-order chi connectivity index (χ0) is 22.2. The molecule has 32 heavy (non-hydrogen) atoms. The molecule has 3 aromatic rings. The van der Waals surface area contributed by atoms with E-state index in [-0.39, 0.29) is 24.5 Å². The average molecular weight is 427 g/mol. The van der Waals surface area contributed by atoms with Gasteiger partial charge in [0, 0.05) is 42.6 Å². The number of hydrogen-bond donors (Lipinski definition) is 1. The largest absolute Gasteiger partial charge is 0.396 e. The number of carbonyl (C=O) groups is 1. The van der Waals surface area contributed by atoms with Crippen LogP contribution in [0.1, 0.15) is 57.6 Å². The smallest absolute Gasteiger partial charge is 0.254 e. The predicted octanol–water partition coefficient (Wildman–Crippen LogP) is 5.07. The highest BCUT2D eigenvalue weighted by Crippen LogP contribution is 2.36. The molecule has 2 atom stereocenters. The summed E-state index contributed by atoms with van der Waals surface area (Å²) in [5.41, 5.74) is 9.03. The summed E-state index contributed by atoms with van der Waals surface area (Å²) in [6.45, 7) is 5.00. The minimum absolute atomic E-state index is 0.134. The SMILES string of the molecule is Cc1cc(-c2ccc(Cc3cc4c(cc3C)CN([C@H]3CCC[C@@H]3CO)C4=O)cc2)ccn1. The Kier molecular flexibility index (Phi) is 5.56. The molecule has 1 aliphatic carbocycles. The van der Waals surface area contributed by atoms with Gasteiger partial charge >= 0.3 is 0 Å². The Hall–Kier alpha value is -2.98.